The number of rotatable bonds is 4. The largest absolute Gasteiger partial charge is 0.368 e. The summed E-state index contributed by atoms with van der Waals surface area (Å²) < 4.78 is 5.23. The van der Waals surface area contributed by atoms with E-state index in [4.69, 9.17) is 21.1 Å². The first-order chi connectivity index (χ1) is 12.6. The van der Waals surface area contributed by atoms with Crippen LogP contribution in [0.25, 0.3) is 0 Å². The molecule has 1 aliphatic heterocycles. The molecule has 6 nitrogen and oxygen atoms in total. The molecule has 0 spiro atoms. The zero-order valence-electron chi connectivity index (χ0n) is 15.6. The first-order valence-corrected chi connectivity index (χ1v) is 9.41. The topological polar surface area (TPSA) is 56.9 Å². The Morgan fingerprint density at radius 2 is 2.04 bits per heavy atom. The van der Waals surface area contributed by atoms with E-state index in [0.717, 1.165) is 60.7 Å². The van der Waals surface area contributed by atoms with Crippen molar-refractivity contribution >= 4 is 23.2 Å². The molecule has 1 aromatic carbocycles. The quantitative estimate of drug-likeness (QED) is 0.656. The molecule has 1 aliphatic rings. The van der Waals surface area contributed by atoms with Gasteiger partial charge >= 0.3 is 0 Å². The Morgan fingerprint density at radius 1 is 1.27 bits per heavy atom. The van der Waals surface area contributed by atoms with Crippen molar-refractivity contribution in [1.29, 1.82) is 0 Å². The molecule has 3 rings (SSSR count). The van der Waals surface area contributed by atoms with Gasteiger partial charge in [0.05, 0.1) is 12.2 Å². The number of hydrogen-bond acceptors (Lipinski definition) is 4. The van der Waals surface area contributed by atoms with Crippen LogP contribution in [0, 0.1) is 13.8 Å². The fourth-order valence-corrected chi connectivity index (χ4v) is 3.34. The third-order valence-corrected chi connectivity index (χ3v) is 4.89. The van der Waals surface area contributed by atoms with Crippen LogP contribution in [0.3, 0.4) is 0 Å². The van der Waals surface area contributed by atoms with Crippen molar-refractivity contribution in [2.24, 2.45) is 4.99 Å². The first-order valence-electron chi connectivity index (χ1n) is 9.04. The lowest BCUT2D eigenvalue weighted by Crippen LogP contribution is -2.52. The molecule has 0 aliphatic carbocycles. The molecule has 1 saturated heterocycles. The van der Waals surface area contributed by atoms with Crippen LogP contribution in [0.15, 0.2) is 33.8 Å². The highest BCUT2D eigenvalue weighted by Crippen LogP contribution is 2.21. The fourth-order valence-electron chi connectivity index (χ4n) is 3.16. The van der Waals surface area contributed by atoms with Crippen LogP contribution in [0.5, 0.6) is 0 Å². The number of anilines is 1. The zero-order chi connectivity index (χ0) is 18.5. The maximum Gasteiger partial charge on any atom is 0.194 e. The molecule has 26 heavy (non-hydrogen) atoms. The maximum absolute atomic E-state index is 6.12. The monoisotopic (exact) mass is 375 g/mol. The number of benzene rings is 1. The number of piperazine rings is 1. The summed E-state index contributed by atoms with van der Waals surface area (Å²) in [6, 6.07) is 8.04. The van der Waals surface area contributed by atoms with Gasteiger partial charge in [0.15, 0.2) is 5.96 Å². The van der Waals surface area contributed by atoms with E-state index in [1.165, 1.54) is 5.69 Å². The highest BCUT2D eigenvalue weighted by Gasteiger charge is 2.20. The van der Waals surface area contributed by atoms with Gasteiger partial charge in [-0.3, -0.25) is 0 Å². The fraction of sp³-hybridized carbons (Fsp3) is 0.474. The molecule has 0 bridgehead atoms. The average molecular weight is 376 g/mol. The Balaban J connectivity index is 1.65. The highest BCUT2D eigenvalue weighted by molar-refractivity contribution is 6.30. The summed E-state index contributed by atoms with van der Waals surface area (Å²) in [5, 5.41) is 8.19. The molecule has 1 aromatic heterocycles. The minimum absolute atomic E-state index is 0.581. The molecule has 1 N–H and O–H groups in total. The summed E-state index contributed by atoms with van der Waals surface area (Å²) >= 11 is 6.12. The number of nitrogens with zero attached hydrogens (tertiary/aromatic N) is 4. The summed E-state index contributed by atoms with van der Waals surface area (Å²) in [6.07, 6.45) is 0. The SMILES string of the molecule is CCNC(=NCc1c(C)noc1C)N1CCN(c2cccc(Cl)c2)CC1. The van der Waals surface area contributed by atoms with E-state index in [9.17, 15) is 0 Å². The van der Waals surface area contributed by atoms with E-state index in [-0.39, 0.29) is 0 Å². The second kappa shape index (κ2) is 8.45. The molecule has 0 atom stereocenters. The summed E-state index contributed by atoms with van der Waals surface area (Å²) in [4.78, 5) is 9.47. The number of hydrogen-bond donors (Lipinski definition) is 1. The van der Waals surface area contributed by atoms with Crippen LogP contribution in [-0.2, 0) is 6.54 Å². The van der Waals surface area contributed by atoms with E-state index < -0.39 is 0 Å². The second-order valence-electron chi connectivity index (χ2n) is 6.43. The van der Waals surface area contributed by atoms with Crippen molar-refractivity contribution in [3.63, 3.8) is 0 Å². The van der Waals surface area contributed by atoms with Crippen molar-refractivity contribution in [2.45, 2.75) is 27.3 Å². The summed E-state index contributed by atoms with van der Waals surface area (Å²) in [7, 11) is 0. The molecule has 0 amide bonds. The van der Waals surface area contributed by atoms with Gasteiger partial charge in [0.25, 0.3) is 0 Å². The molecule has 7 heteroatoms. The van der Waals surface area contributed by atoms with E-state index in [1.807, 2.05) is 32.0 Å². The number of aliphatic imine (C=N–C) groups is 1. The average Bonchev–Trinajstić information content (AvgIpc) is 2.97. The first kappa shape index (κ1) is 18.6. The Morgan fingerprint density at radius 3 is 2.65 bits per heavy atom. The number of nitrogens with one attached hydrogen (secondary N) is 1. The molecule has 2 aromatic rings. The van der Waals surface area contributed by atoms with Gasteiger partial charge < -0.3 is 19.6 Å². The van der Waals surface area contributed by atoms with Gasteiger partial charge in [-0.15, -0.1) is 0 Å². The summed E-state index contributed by atoms with van der Waals surface area (Å²) in [5.41, 5.74) is 3.15. The van der Waals surface area contributed by atoms with Crippen molar-refractivity contribution in [3.8, 4) is 0 Å². The van der Waals surface area contributed by atoms with Gasteiger partial charge in [0, 0.05) is 49.0 Å². The van der Waals surface area contributed by atoms with Crippen molar-refractivity contribution in [2.75, 3.05) is 37.6 Å². The molecule has 1 fully saturated rings. The predicted molar refractivity (Wildman–Crippen MR) is 106 cm³/mol. The maximum atomic E-state index is 6.12. The number of guanidine groups is 1. The van der Waals surface area contributed by atoms with E-state index in [1.54, 1.807) is 0 Å². The third kappa shape index (κ3) is 4.30. The lowest BCUT2D eigenvalue weighted by Gasteiger charge is -2.37. The summed E-state index contributed by atoms with van der Waals surface area (Å²) in [5.74, 6) is 1.78. The van der Waals surface area contributed by atoms with Crippen LogP contribution in [0.1, 0.15) is 23.9 Å². The van der Waals surface area contributed by atoms with Crippen molar-refractivity contribution in [1.82, 2.24) is 15.4 Å². The number of halogens is 1. The highest BCUT2D eigenvalue weighted by atomic mass is 35.5. The van der Waals surface area contributed by atoms with Crippen LogP contribution in [0.2, 0.25) is 5.02 Å². The Kier molecular flexibility index (Phi) is 6.04. The number of aromatic nitrogens is 1. The smallest absolute Gasteiger partial charge is 0.194 e. The molecular weight excluding hydrogens is 350 g/mol. The van der Waals surface area contributed by atoms with E-state index in [0.29, 0.717) is 6.54 Å². The van der Waals surface area contributed by atoms with Crippen LogP contribution >= 0.6 is 11.6 Å². The zero-order valence-corrected chi connectivity index (χ0v) is 16.4. The Hall–Kier alpha value is -2.21. The molecule has 140 valence electrons. The lowest BCUT2D eigenvalue weighted by molar-refractivity contribution is 0.372. The standard InChI is InChI=1S/C19H26ClN5O/c1-4-21-19(22-13-18-14(2)23-26-15(18)3)25-10-8-24(9-11-25)17-7-5-6-16(20)12-17/h5-7,12H,4,8-11,13H2,1-3H3,(H,21,22). The Bertz CT molecular complexity index is 746. The van der Waals surface area contributed by atoms with Crippen LogP contribution in [0.4, 0.5) is 5.69 Å². The van der Waals surface area contributed by atoms with Gasteiger partial charge in [-0.25, -0.2) is 4.99 Å². The third-order valence-electron chi connectivity index (χ3n) is 4.66. The Labute approximate surface area is 159 Å². The van der Waals surface area contributed by atoms with Gasteiger partial charge in [-0.2, -0.15) is 0 Å². The molecule has 2 heterocycles. The number of aryl methyl sites for hydroxylation is 2. The van der Waals surface area contributed by atoms with Crippen LogP contribution in [-0.4, -0.2) is 48.7 Å². The molecular formula is C19H26ClN5O. The van der Waals surface area contributed by atoms with Crippen molar-refractivity contribution < 1.29 is 4.52 Å². The minimum Gasteiger partial charge on any atom is -0.368 e. The van der Waals surface area contributed by atoms with Crippen LogP contribution < -0.4 is 10.2 Å². The lowest BCUT2D eigenvalue weighted by atomic mass is 10.2. The minimum atomic E-state index is 0.581. The molecule has 0 unspecified atom stereocenters. The van der Waals surface area contributed by atoms with Gasteiger partial charge in [0.1, 0.15) is 5.76 Å². The molecule has 0 radical (unpaired) electrons. The van der Waals surface area contributed by atoms with Gasteiger partial charge in [-0.05, 0) is 39.0 Å². The van der Waals surface area contributed by atoms with Gasteiger partial charge in [-0.1, -0.05) is 22.8 Å². The normalized spacial score (nSPS) is 15.5. The predicted octanol–water partition coefficient (Wildman–Crippen LogP) is 3.23. The second-order valence-corrected chi connectivity index (χ2v) is 6.86. The van der Waals surface area contributed by atoms with Crippen molar-refractivity contribution in [3.05, 3.63) is 46.3 Å². The van der Waals surface area contributed by atoms with Gasteiger partial charge in [0.2, 0.25) is 0 Å². The molecule has 0 saturated carbocycles. The van der Waals surface area contributed by atoms with E-state index in [2.05, 4.69) is 33.3 Å². The van der Waals surface area contributed by atoms with E-state index >= 15 is 0 Å². The summed E-state index contributed by atoms with van der Waals surface area (Å²) in [6.45, 7) is 11.1.